The molecule has 1 atom stereocenters. The van der Waals surface area contributed by atoms with Gasteiger partial charge in [0.05, 0.1) is 17.1 Å². The number of benzene rings is 1. The number of unbranched alkanes of at least 4 members (excludes halogenated alkanes) is 1. The van der Waals surface area contributed by atoms with Crippen LogP contribution in [0.4, 0.5) is 0 Å². The molecule has 0 aliphatic heterocycles. The molecule has 0 radical (unpaired) electrons. The molecule has 0 aliphatic carbocycles. The van der Waals surface area contributed by atoms with Crippen molar-refractivity contribution in [3.05, 3.63) is 40.7 Å². The minimum Gasteiger partial charge on any atom is -0.612 e. The topological polar surface area (TPSA) is 45.1 Å². The highest BCUT2D eigenvalue weighted by molar-refractivity contribution is 7.90. The third kappa shape index (κ3) is 2.44. The molecule has 1 heterocycles. The van der Waals surface area contributed by atoms with E-state index in [1.807, 2.05) is 22.8 Å². The Bertz CT molecular complexity index is 604. The summed E-state index contributed by atoms with van der Waals surface area (Å²) in [4.78, 5) is 12.6. The van der Waals surface area contributed by atoms with Gasteiger partial charge in [0.2, 0.25) is 10.3 Å². The Morgan fingerprint density at radius 1 is 1.33 bits per heavy atom. The largest absolute Gasteiger partial charge is 0.612 e. The number of nitrogens with zero attached hydrogens (tertiary/aromatic N) is 1. The van der Waals surface area contributed by atoms with Crippen molar-refractivity contribution in [1.29, 1.82) is 0 Å². The molecule has 3 nitrogen and oxygen atoms in total. The van der Waals surface area contributed by atoms with Gasteiger partial charge in [-0.1, -0.05) is 25.5 Å². The van der Waals surface area contributed by atoms with Crippen LogP contribution >= 0.6 is 0 Å². The first kappa shape index (κ1) is 13.2. The van der Waals surface area contributed by atoms with Gasteiger partial charge in [-0.2, -0.15) is 0 Å². The average molecular weight is 263 g/mol. The molecule has 0 fully saturated rings. The lowest BCUT2D eigenvalue weighted by Crippen LogP contribution is -2.18. The molecule has 0 aliphatic rings. The molecule has 0 spiro atoms. The van der Waals surface area contributed by atoms with Crippen molar-refractivity contribution in [3.63, 3.8) is 0 Å². The number of fused-ring (bicyclic) bond motifs is 1. The third-order valence-electron chi connectivity index (χ3n) is 3.02. The lowest BCUT2D eigenvalue weighted by molar-refractivity contribution is 0.595. The van der Waals surface area contributed by atoms with Crippen LogP contribution in [0.15, 0.2) is 40.2 Å². The molecule has 0 bridgehead atoms. The molecular formula is C14H17NO2S. The quantitative estimate of drug-likeness (QED) is 0.796. The van der Waals surface area contributed by atoms with Crippen molar-refractivity contribution in [2.45, 2.75) is 31.2 Å². The van der Waals surface area contributed by atoms with Gasteiger partial charge in [-0.15, -0.1) is 0 Å². The molecule has 0 saturated carbocycles. The van der Waals surface area contributed by atoms with Gasteiger partial charge < -0.3 is 9.12 Å². The van der Waals surface area contributed by atoms with Crippen molar-refractivity contribution in [1.82, 2.24) is 4.57 Å². The first-order valence-electron chi connectivity index (χ1n) is 6.10. The van der Waals surface area contributed by atoms with Crippen molar-refractivity contribution < 1.29 is 4.55 Å². The molecule has 2 aromatic rings. The maximum atomic E-state index is 12.2. The Balaban J connectivity index is 2.68. The highest BCUT2D eigenvalue weighted by atomic mass is 32.2. The van der Waals surface area contributed by atoms with Gasteiger partial charge in [-0.05, 0) is 29.7 Å². The fourth-order valence-electron chi connectivity index (χ4n) is 2.04. The minimum atomic E-state index is -1.25. The number of para-hydroxylation sites is 1. The Labute approximate surface area is 110 Å². The van der Waals surface area contributed by atoms with Crippen LogP contribution in [-0.4, -0.2) is 15.4 Å². The maximum Gasteiger partial charge on any atom is 0.244 e. The van der Waals surface area contributed by atoms with Gasteiger partial charge in [0.25, 0.3) is 0 Å². The van der Waals surface area contributed by atoms with E-state index in [0.29, 0.717) is 10.3 Å². The second-order valence-corrected chi connectivity index (χ2v) is 5.69. The van der Waals surface area contributed by atoms with E-state index in [1.54, 1.807) is 18.5 Å². The summed E-state index contributed by atoms with van der Waals surface area (Å²) < 4.78 is 13.7. The standard InChI is InChI=1S/C14H17NO2S/c1-3-4-9-15-10-13(18(2)17)14(16)11-7-5-6-8-12(11)15/h5-8,10H,3-4,9H2,1-2H3. The fourth-order valence-corrected chi connectivity index (χ4v) is 2.68. The van der Waals surface area contributed by atoms with Gasteiger partial charge in [0.1, 0.15) is 6.26 Å². The average Bonchev–Trinajstić information content (AvgIpc) is 2.38. The summed E-state index contributed by atoms with van der Waals surface area (Å²) >= 11 is -1.25. The van der Waals surface area contributed by atoms with Crippen molar-refractivity contribution >= 4 is 22.1 Å². The molecule has 0 saturated heterocycles. The van der Waals surface area contributed by atoms with Crippen LogP contribution in [0.25, 0.3) is 10.9 Å². The molecule has 0 amide bonds. The van der Waals surface area contributed by atoms with E-state index >= 15 is 0 Å². The summed E-state index contributed by atoms with van der Waals surface area (Å²) in [5.74, 6) is 0. The zero-order valence-electron chi connectivity index (χ0n) is 10.7. The van der Waals surface area contributed by atoms with Crippen molar-refractivity contribution in [2.24, 2.45) is 0 Å². The first-order chi connectivity index (χ1) is 8.65. The summed E-state index contributed by atoms with van der Waals surface area (Å²) in [7, 11) is 0. The highest BCUT2D eigenvalue weighted by Crippen LogP contribution is 2.15. The zero-order chi connectivity index (χ0) is 13.1. The number of rotatable bonds is 4. The molecule has 1 unspecified atom stereocenters. The number of aromatic nitrogens is 1. The van der Waals surface area contributed by atoms with E-state index in [9.17, 15) is 9.35 Å². The summed E-state index contributed by atoms with van der Waals surface area (Å²) in [5, 5.41) is 0.654. The summed E-state index contributed by atoms with van der Waals surface area (Å²) in [6, 6.07) is 7.51. The van der Waals surface area contributed by atoms with Crippen molar-refractivity contribution in [3.8, 4) is 0 Å². The second kappa shape index (κ2) is 5.59. The summed E-state index contributed by atoms with van der Waals surface area (Å²) in [5.41, 5.74) is 0.810. The van der Waals surface area contributed by atoms with Crippen LogP contribution in [0.2, 0.25) is 0 Å². The van der Waals surface area contributed by atoms with E-state index in [1.165, 1.54) is 0 Å². The summed E-state index contributed by atoms with van der Waals surface area (Å²) in [6.07, 6.45) is 5.43. The Morgan fingerprint density at radius 2 is 2.06 bits per heavy atom. The SMILES string of the molecule is CCCCn1cc([S+](C)[O-])c(=O)c2ccccc21. The lowest BCUT2D eigenvalue weighted by Gasteiger charge is -2.13. The Hall–Kier alpha value is -1.26. The number of aryl methyl sites for hydroxylation is 1. The lowest BCUT2D eigenvalue weighted by atomic mass is 10.2. The molecular weight excluding hydrogens is 246 g/mol. The van der Waals surface area contributed by atoms with Crippen LogP contribution in [-0.2, 0) is 17.7 Å². The van der Waals surface area contributed by atoms with Gasteiger partial charge in [0.15, 0.2) is 0 Å². The third-order valence-corrected chi connectivity index (χ3v) is 3.93. The molecule has 4 heteroatoms. The monoisotopic (exact) mass is 263 g/mol. The Kier molecular flexibility index (Phi) is 4.09. The number of pyridine rings is 1. The number of hydrogen-bond donors (Lipinski definition) is 0. The smallest absolute Gasteiger partial charge is 0.244 e. The van der Waals surface area contributed by atoms with E-state index in [4.69, 9.17) is 0 Å². The van der Waals surface area contributed by atoms with Crippen LogP contribution in [0, 0.1) is 0 Å². The van der Waals surface area contributed by atoms with Gasteiger partial charge in [-0.25, -0.2) is 0 Å². The van der Waals surface area contributed by atoms with Crippen molar-refractivity contribution in [2.75, 3.05) is 6.26 Å². The first-order valence-corrected chi connectivity index (χ1v) is 7.66. The summed E-state index contributed by atoms with van der Waals surface area (Å²) in [6.45, 7) is 2.98. The van der Waals surface area contributed by atoms with E-state index < -0.39 is 11.2 Å². The highest BCUT2D eigenvalue weighted by Gasteiger charge is 2.15. The van der Waals surface area contributed by atoms with Gasteiger partial charge in [0, 0.05) is 6.54 Å². The predicted octanol–water partition coefficient (Wildman–Crippen LogP) is 2.54. The fraction of sp³-hybridized carbons (Fsp3) is 0.357. The molecule has 0 N–H and O–H groups in total. The van der Waals surface area contributed by atoms with Crippen LogP contribution in [0.1, 0.15) is 19.8 Å². The predicted molar refractivity (Wildman–Crippen MR) is 75.4 cm³/mol. The van der Waals surface area contributed by atoms with E-state index in [-0.39, 0.29) is 5.43 Å². The van der Waals surface area contributed by atoms with Crippen LogP contribution in [0.5, 0.6) is 0 Å². The minimum absolute atomic E-state index is 0.112. The molecule has 1 aromatic carbocycles. The second-order valence-electron chi connectivity index (χ2n) is 4.34. The van der Waals surface area contributed by atoms with Gasteiger partial charge >= 0.3 is 0 Å². The van der Waals surface area contributed by atoms with Crippen LogP contribution in [0.3, 0.4) is 0 Å². The maximum absolute atomic E-state index is 12.2. The molecule has 1 aromatic heterocycles. The number of hydrogen-bond acceptors (Lipinski definition) is 2. The van der Waals surface area contributed by atoms with E-state index in [2.05, 4.69) is 6.92 Å². The Morgan fingerprint density at radius 3 is 2.72 bits per heavy atom. The van der Waals surface area contributed by atoms with Crippen LogP contribution < -0.4 is 5.43 Å². The normalized spacial score (nSPS) is 12.8. The zero-order valence-corrected chi connectivity index (χ0v) is 11.5. The van der Waals surface area contributed by atoms with Gasteiger partial charge in [-0.3, -0.25) is 4.79 Å². The van der Waals surface area contributed by atoms with E-state index in [0.717, 1.165) is 24.9 Å². The molecule has 96 valence electrons. The molecule has 18 heavy (non-hydrogen) atoms. The molecule has 2 rings (SSSR count).